The van der Waals surface area contributed by atoms with Gasteiger partial charge in [-0.15, -0.1) is 0 Å². The van der Waals surface area contributed by atoms with Gasteiger partial charge >= 0.3 is 6.09 Å². The minimum absolute atomic E-state index is 0.382. The van der Waals surface area contributed by atoms with E-state index in [1.54, 1.807) is 11.2 Å². The zero-order valence-electron chi connectivity index (χ0n) is 11.4. The van der Waals surface area contributed by atoms with E-state index in [9.17, 15) is 4.79 Å². The molecule has 17 heavy (non-hydrogen) atoms. The van der Waals surface area contributed by atoms with Gasteiger partial charge in [0.05, 0.1) is 0 Å². The maximum Gasteiger partial charge on any atom is 0.407 e. The number of hydrazone groups is 1. The summed E-state index contributed by atoms with van der Waals surface area (Å²) in [6.07, 6.45) is 5.85. The minimum atomic E-state index is -0.446. The fraction of sp³-hybridized carbons (Fsp3) is 0.667. The largest absolute Gasteiger partial charge is 0.444 e. The van der Waals surface area contributed by atoms with E-state index < -0.39 is 5.60 Å². The topological polar surface area (TPSA) is 53.9 Å². The Kier molecular flexibility index (Phi) is 7.02. The van der Waals surface area contributed by atoms with Crippen LogP contribution in [0.1, 0.15) is 27.2 Å². The SMILES string of the molecule is CN(C)N=CC=CCCNC(=O)OC(C)(C)C. The van der Waals surface area contributed by atoms with E-state index in [2.05, 4.69) is 10.4 Å². The van der Waals surface area contributed by atoms with Crippen molar-refractivity contribution in [2.24, 2.45) is 5.10 Å². The second-order valence-corrected chi connectivity index (χ2v) is 4.76. The Labute approximate surface area is 104 Å². The number of hydrogen-bond donors (Lipinski definition) is 1. The van der Waals surface area contributed by atoms with Crippen LogP contribution < -0.4 is 5.32 Å². The fourth-order valence-electron chi connectivity index (χ4n) is 0.901. The van der Waals surface area contributed by atoms with Crippen LogP contribution in [0.5, 0.6) is 0 Å². The number of nitrogens with one attached hydrogen (secondary N) is 1. The first-order chi connectivity index (χ1) is 7.81. The predicted molar refractivity (Wildman–Crippen MR) is 70.2 cm³/mol. The molecular weight excluding hydrogens is 218 g/mol. The number of ether oxygens (including phenoxy) is 1. The van der Waals surface area contributed by atoms with Crippen molar-refractivity contribution in [2.45, 2.75) is 32.8 Å². The van der Waals surface area contributed by atoms with Crippen LogP contribution in [0.15, 0.2) is 17.3 Å². The molecule has 0 fully saturated rings. The van der Waals surface area contributed by atoms with Gasteiger partial charge in [0.2, 0.25) is 0 Å². The summed E-state index contributed by atoms with van der Waals surface area (Å²) in [7, 11) is 3.71. The van der Waals surface area contributed by atoms with Gasteiger partial charge in [-0.05, 0) is 33.3 Å². The number of carbonyl (C=O) groups excluding carboxylic acids is 1. The van der Waals surface area contributed by atoms with Crippen molar-refractivity contribution in [1.29, 1.82) is 0 Å². The van der Waals surface area contributed by atoms with E-state index in [0.29, 0.717) is 6.54 Å². The first kappa shape index (κ1) is 15.5. The van der Waals surface area contributed by atoms with Crippen LogP contribution >= 0.6 is 0 Å². The van der Waals surface area contributed by atoms with Gasteiger partial charge in [0.15, 0.2) is 0 Å². The third-order valence-corrected chi connectivity index (χ3v) is 1.50. The van der Waals surface area contributed by atoms with Crippen molar-refractivity contribution in [3.05, 3.63) is 12.2 Å². The van der Waals surface area contributed by atoms with E-state index in [0.717, 1.165) is 6.42 Å². The van der Waals surface area contributed by atoms with Crippen LogP contribution in [0, 0.1) is 0 Å². The average molecular weight is 241 g/mol. The lowest BCUT2D eigenvalue weighted by Gasteiger charge is -2.19. The summed E-state index contributed by atoms with van der Waals surface area (Å²) in [5, 5.41) is 8.40. The minimum Gasteiger partial charge on any atom is -0.444 e. The molecule has 0 atom stereocenters. The van der Waals surface area contributed by atoms with Gasteiger partial charge in [-0.2, -0.15) is 5.10 Å². The van der Waals surface area contributed by atoms with Crippen molar-refractivity contribution in [1.82, 2.24) is 10.3 Å². The number of carbonyl (C=O) groups is 1. The molecule has 0 radical (unpaired) electrons. The Morgan fingerprint density at radius 3 is 2.59 bits per heavy atom. The number of amides is 1. The number of rotatable bonds is 5. The lowest BCUT2D eigenvalue weighted by Crippen LogP contribution is -2.32. The summed E-state index contributed by atoms with van der Waals surface area (Å²) >= 11 is 0. The molecule has 0 unspecified atom stereocenters. The summed E-state index contributed by atoms with van der Waals surface area (Å²) in [6.45, 7) is 6.07. The summed E-state index contributed by atoms with van der Waals surface area (Å²) in [5.74, 6) is 0. The molecule has 0 saturated heterocycles. The van der Waals surface area contributed by atoms with E-state index in [4.69, 9.17) is 4.74 Å². The van der Waals surface area contributed by atoms with Crippen LogP contribution in [0.2, 0.25) is 0 Å². The van der Waals surface area contributed by atoms with E-state index in [-0.39, 0.29) is 6.09 Å². The number of alkyl carbamates (subject to hydrolysis) is 1. The molecule has 5 heteroatoms. The third kappa shape index (κ3) is 12.4. The van der Waals surface area contributed by atoms with E-state index in [1.165, 1.54) is 0 Å². The average Bonchev–Trinajstić information content (AvgIpc) is 2.12. The number of allylic oxidation sites excluding steroid dienone is 1. The zero-order chi connectivity index (χ0) is 13.3. The Bertz CT molecular complexity index is 278. The number of hydrogen-bond acceptors (Lipinski definition) is 4. The highest BCUT2D eigenvalue weighted by molar-refractivity contribution is 5.70. The van der Waals surface area contributed by atoms with Gasteiger partial charge in [0.25, 0.3) is 0 Å². The van der Waals surface area contributed by atoms with Crippen molar-refractivity contribution in [3.63, 3.8) is 0 Å². The van der Waals surface area contributed by atoms with Crippen LogP contribution in [0.3, 0.4) is 0 Å². The van der Waals surface area contributed by atoms with Gasteiger partial charge in [0, 0.05) is 26.9 Å². The van der Waals surface area contributed by atoms with Gasteiger partial charge in [-0.3, -0.25) is 0 Å². The van der Waals surface area contributed by atoms with Crippen molar-refractivity contribution in [3.8, 4) is 0 Å². The summed E-state index contributed by atoms with van der Waals surface area (Å²) < 4.78 is 5.09. The molecule has 0 aromatic rings. The molecule has 0 heterocycles. The Morgan fingerprint density at radius 1 is 1.41 bits per heavy atom. The lowest BCUT2D eigenvalue weighted by molar-refractivity contribution is 0.0529. The lowest BCUT2D eigenvalue weighted by atomic mass is 10.2. The van der Waals surface area contributed by atoms with Gasteiger partial charge in [-0.1, -0.05) is 6.08 Å². The highest BCUT2D eigenvalue weighted by atomic mass is 16.6. The van der Waals surface area contributed by atoms with E-state index in [1.807, 2.05) is 47.0 Å². The molecule has 0 rings (SSSR count). The molecule has 98 valence electrons. The maximum absolute atomic E-state index is 11.2. The van der Waals surface area contributed by atoms with Crippen molar-refractivity contribution >= 4 is 12.3 Å². The highest BCUT2D eigenvalue weighted by Crippen LogP contribution is 2.06. The zero-order valence-corrected chi connectivity index (χ0v) is 11.4. The van der Waals surface area contributed by atoms with Gasteiger partial charge in [0.1, 0.15) is 5.60 Å². The maximum atomic E-state index is 11.2. The second-order valence-electron chi connectivity index (χ2n) is 4.76. The molecule has 1 amide bonds. The van der Waals surface area contributed by atoms with Crippen molar-refractivity contribution < 1.29 is 9.53 Å². The predicted octanol–water partition coefficient (Wildman–Crippen LogP) is 2.00. The van der Waals surface area contributed by atoms with Crippen molar-refractivity contribution in [2.75, 3.05) is 20.6 Å². The quantitative estimate of drug-likeness (QED) is 0.455. The molecule has 0 saturated carbocycles. The molecule has 0 aromatic heterocycles. The molecule has 0 aliphatic carbocycles. The van der Waals surface area contributed by atoms with Crippen LogP contribution in [0.25, 0.3) is 0 Å². The first-order valence-corrected chi connectivity index (χ1v) is 5.64. The smallest absolute Gasteiger partial charge is 0.407 e. The van der Waals surface area contributed by atoms with Crippen LogP contribution in [-0.2, 0) is 4.74 Å². The molecule has 0 spiro atoms. The molecule has 1 N–H and O–H groups in total. The van der Waals surface area contributed by atoms with Gasteiger partial charge in [-0.25, -0.2) is 4.79 Å². The van der Waals surface area contributed by atoms with E-state index >= 15 is 0 Å². The Balaban J connectivity index is 3.61. The standard InChI is InChI=1S/C12H23N3O2/c1-12(2,3)17-11(16)13-9-7-6-8-10-14-15(4)5/h6,8,10H,7,9H2,1-5H3,(H,13,16). The monoisotopic (exact) mass is 241 g/mol. The molecule has 0 aromatic carbocycles. The van der Waals surface area contributed by atoms with Crippen LogP contribution in [0.4, 0.5) is 4.79 Å². The molecular formula is C12H23N3O2. The molecule has 0 aliphatic heterocycles. The normalized spacial score (nSPS) is 12.1. The number of nitrogens with zero attached hydrogens (tertiary/aromatic N) is 2. The Morgan fingerprint density at radius 2 is 2.06 bits per heavy atom. The first-order valence-electron chi connectivity index (χ1n) is 5.64. The molecule has 0 aliphatic rings. The molecule has 0 bridgehead atoms. The van der Waals surface area contributed by atoms with Gasteiger partial charge < -0.3 is 15.1 Å². The summed E-state index contributed by atoms with van der Waals surface area (Å²) in [6, 6.07) is 0. The second kappa shape index (κ2) is 7.70. The highest BCUT2D eigenvalue weighted by Gasteiger charge is 2.14. The molecule has 5 nitrogen and oxygen atoms in total. The van der Waals surface area contributed by atoms with Crippen LogP contribution in [-0.4, -0.2) is 43.6 Å². The fourth-order valence-corrected chi connectivity index (χ4v) is 0.901. The summed E-state index contributed by atoms with van der Waals surface area (Å²) in [5.41, 5.74) is -0.446. The summed E-state index contributed by atoms with van der Waals surface area (Å²) in [4.78, 5) is 11.2. The third-order valence-electron chi connectivity index (χ3n) is 1.50. The Hall–Kier alpha value is -1.52.